The fourth-order valence-electron chi connectivity index (χ4n) is 3.11. The smallest absolute Gasteiger partial charge is 0.191 e. The van der Waals surface area contributed by atoms with E-state index in [2.05, 4.69) is 51.4 Å². The standard InChI is InChI=1S/C17H33N7.HI/c1-14(2)16(24-10-8-22(4)9-11-24)13-20-17(18-3)19-12-15-6-7-21-23(15)5;/h6-7,14,16H,8-13H2,1-5H3,(H2,18,19,20);1H. The third-order valence-corrected chi connectivity index (χ3v) is 4.84. The highest BCUT2D eigenvalue weighted by atomic mass is 127. The molecule has 0 aromatic carbocycles. The summed E-state index contributed by atoms with van der Waals surface area (Å²) in [6, 6.07) is 2.54. The molecular formula is C17H34IN7. The van der Waals surface area contributed by atoms with Crippen LogP contribution in [-0.4, -0.2) is 78.4 Å². The first-order valence-corrected chi connectivity index (χ1v) is 8.85. The van der Waals surface area contributed by atoms with Gasteiger partial charge in [0, 0.05) is 59.1 Å². The molecular weight excluding hydrogens is 429 g/mol. The second kappa shape index (κ2) is 11.0. The van der Waals surface area contributed by atoms with Crippen molar-refractivity contribution < 1.29 is 0 Å². The molecule has 1 aromatic rings. The molecule has 1 atom stereocenters. The number of piperazine rings is 1. The second-order valence-corrected chi connectivity index (χ2v) is 6.90. The highest BCUT2D eigenvalue weighted by Crippen LogP contribution is 2.12. The minimum Gasteiger partial charge on any atom is -0.355 e. The van der Waals surface area contributed by atoms with Crippen LogP contribution in [0.3, 0.4) is 0 Å². The van der Waals surface area contributed by atoms with Crippen LogP contribution in [0.5, 0.6) is 0 Å². The highest BCUT2D eigenvalue weighted by Gasteiger charge is 2.25. The van der Waals surface area contributed by atoms with E-state index in [9.17, 15) is 0 Å². The van der Waals surface area contributed by atoms with Crippen molar-refractivity contribution in [2.75, 3.05) is 46.8 Å². The van der Waals surface area contributed by atoms with Crippen LogP contribution >= 0.6 is 24.0 Å². The van der Waals surface area contributed by atoms with Crippen LogP contribution in [-0.2, 0) is 13.6 Å². The molecule has 0 radical (unpaired) electrons. The van der Waals surface area contributed by atoms with Crippen LogP contribution in [0.15, 0.2) is 17.3 Å². The first-order chi connectivity index (χ1) is 11.5. The number of rotatable bonds is 6. The number of nitrogens with zero attached hydrogens (tertiary/aromatic N) is 5. The molecule has 0 aliphatic carbocycles. The van der Waals surface area contributed by atoms with Gasteiger partial charge in [0.05, 0.1) is 12.2 Å². The molecule has 0 amide bonds. The van der Waals surface area contributed by atoms with Crippen LogP contribution < -0.4 is 10.6 Å². The predicted octanol–water partition coefficient (Wildman–Crippen LogP) is 0.975. The lowest BCUT2D eigenvalue weighted by molar-refractivity contribution is 0.0900. The van der Waals surface area contributed by atoms with E-state index in [1.165, 1.54) is 0 Å². The molecule has 8 heteroatoms. The molecule has 1 aromatic heterocycles. The van der Waals surface area contributed by atoms with Gasteiger partial charge >= 0.3 is 0 Å². The Labute approximate surface area is 169 Å². The summed E-state index contributed by atoms with van der Waals surface area (Å²) >= 11 is 0. The van der Waals surface area contributed by atoms with E-state index in [4.69, 9.17) is 0 Å². The van der Waals surface area contributed by atoms with E-state index >= 15 is 0 Å². The first kappa shape index (κ1) is 22.2. The molecule has 1 saturated heterocycles. The summed E-state index contributed by atoms with van der Waals surface area (Å²) in [7, 11) is 5.97. The normalized spacial score (nSPS) is 18.1. The van der Waals surface area contributed by atoms with Gasteiger partial charge in [0.1, 0.15) is 0 Å². The summed E-state index contributed by atoms with van der Waals surface area (Å²) in [6.45, 7) is 10.8. The zero-order valence-electron chi connectivity index (χ0n) is 16.2. The minimum absolute atomic E-state index is 0. The summed E-state index contributed by atoms with van der Waals surface area (Å²) in [4.78, 5) is 9.35. The third-order valence-electron chi connectivity index (χ3n) is 4.84. The Bertz CT molecular complexity index is 521. The zero-order valence-corrected chi connectivity index (χ0v) is 18.5. The molecule has 1 fully saturated rings. The van der Waals surface area contributed by atoms with Crippen molar-refractivity contribution >= 4 is 29.9 Å². The van der Waals surface area contributed by atoms with Crippen LogP contribution in [0, 0.1) is 5.92 Å². The highest BCUT2D eigenvalue weighted by molar-refractivity contribution is 14.0. The molecule has 2 heterocycles. The molecule has 0 spiro atoms. The average molecular weight is 463 g/mol. The minimum atomic E-state index is 0. The lowest BCUT2D eigenvalue weighted by Crippen LogP contribution is -2.55. The third kappa shape index (κ3) is 6.74. The summed E-state index contributed by atoms with van der Waals surface area (Å²) in [5.74, 6) is 1.45. The van der Waals surface area contributed by atoms with E-state index in [1.807, 2.05) is 31.0 Å². The Morgan fingerprint density at radius 3 is 2.40 bits per heavy atom. The average Bonchev–Trinajstić information content (AvgIpc) is 2.97. The fraction of sp³-hybridized carbons (Fsp3) is 0.765. The van der Waals surface area contributed by atoms with Gasteiger partial charge in [-0.15, -0.1) is 24.0 Å². The SMILES string of the molecule is CN=C(NCc1ccnn1C)NCC(C(C)C)N1CCN(C)CC1.I. The molecule has 0 bridgehead atoms. The molecule has 7 nitrogen and oxygen atoms in total. The van der Waals surface area contributed by atoms with Gasteiger partial charge < -0.3 is 15.5 Å². The Hall–Kier alpha value is -0.870. The number of hydrogen-bond acceptors (Lipinski definition) is 4. The number of hydrogen-bond donors (Lipinski definition) is 2. The van der Waals surface area contributed by atoms with E-state index in [-0.39, 0.29) is 24.0 Å². The van der Waals surface area contributed by atoms with E-state index in [0.29, 0.717) is 12.0 Å². The Morgan fingerprint density at radius 1 is 1.20 bits per heavy atom. The van der Waals surface area contributed by atoms with E-state index in [1.54, 1.807) is 0 Å². The van der Waals surface area contributed by atoms with Crippen molar-refractivity contribution in [2.24, 2.45) is 18.0 Å². The summed E-state index contributed by atoms with van der Waals surface area (Å²) in [6.07, 6.45) is 1.81. The summed E-state index contributed by atoms with van der Waals surface area (Å²) < 4.78 is 1.88. The number of halogens is 1. The van der Waals surface area contributed by atoms with Crippen LogP contribution in [0.2, 0.25) is 0 Å². The Kier molecular flexibility index (Phi) is 9.73. The van der Waals surface area contributed by atoms with Crippen molar-refractivity contribution in [1.82, 2.24) is 30.2 Å². The summed E-state index contributed by atoms with van der Waals surface area (Å²) in [5.41, 5.74) is 1.14. The molecule has 2 rings (SSSR count). The number of aryl methyl sites for hydroxylation is 1. The van der Waals surface area contributed by atoms with Gasteiger partial charge in [0.2, 0.25) is 0 Å². The number of likely N-dealkylation sites (N-methyl/N-ethyl adjacent to an activating group) is 1. The van der Waals surface area contributed by atoms with Crippen molar-refractivity contribution in [3.05, 3.63) is 18.0 Å². The number of nitrogens with one attached hydrogen (secondary N) is 2. The fourth-order valence-corrected chi connectivity index (χ4v) is 3.11. The molecule has 1 unspecified atom stereocenters. The van der Waals surface area contributed by atoms with Gasteiger partial charge in [-0.05, 0) is 19.0 Å². The van der Waals surface area contributed by atoms with Gasteiger partial charge in [-0.3, -0.25) is 14.6 Å². The molecule has 1 aliphatic heterocycles. The quantitative estimate of drug-likeness (QED) is 0.374. The number of aliphatic imine (C=N–C) groups is 1. The molecule has 0 saturated carbocycles. The lowest BCUT2D eigenvalue weighted by atomic mass is 10.0. The van der Waals surface area contributed by atoms with Gasteiger partial charge in [0.15, 0.2) is 5.96 Å². The van der Waals surface area contributed by atoms with Crippen LogP contribution in [0.1, 0.15) is 19.5 Å². The second-order valence-electron chi connectivity index (χ2n) is 6.90. The maximum Gasteiger partial charge on any atom is 0.191 e. The van der Waals surface area contributed by atoms with Crippen molar-refractivity contribution in [3.63, 3.8) is 0 Å². The van der Waals surface area contributed by atoms with Crippen molar-refractivity contribution in [2.45, 2.75) is 26.4 Å². The number of aromatic nitrogens is 2. The predicted molar refractivity (Wildman–Crippen MR) is 115 cm³/mol. The molecule has 2 N–H and O–H groups in total. The van der Waals surface area contributed by atoms with Crippen LogP contribution in [0.4, 0.5) is 0 Å². The monoisotopic (exact) mass is 463 g/mol. The van der Waals surface area contributed by atoms with Gasteiger partial charge in [0.25, 0.3) is 0 Å². The number of guanidine groups is 1. The maximum atomic E-state index is 4.34. The molecule has 25 heavy (non-hydrogen) atoms. The summed E-state index contributed by atoms with van der Waals surface area (Å²) in [5, 5.41) is 11.1. The molecule has 1 aliphatic rings. The lowest BCUT2D eigenvalue weighted by Gasteiger charge is -2.40. The molecule has 144 valence electrons. The van der Waals surface area contributed by atoms with Crippen LogP contribution in [0.25, 0.3) is 0 Å². The van der Waals surface area contributed by atoms with Gasteiger partial charge in [-0.25, -0.2) is 0 Å². The van der Waals surface area contributed by atoms with Crippen molar-refractivity contribution in [1.29, 1.82) is 0 Å². The maximum absolute atomic E-state index is 4.34. The van der Waals surface area contributed by atoms with Gasteiger partial charge in [-0.2, -0.15) is 5.10 Å². The van der Waals surface area contributed by atoms with Crippen molar-refractivity contribution in [3.8, 4) is 0 Å². The van der Waals surface area contributed by atoms with Gasteiger partial charge in [-0.1, -0.05) is 13.8 Å². The van der Waals surface area contributed by atoms with E-state index < -0.39 is 0 Å². The van der Waals surface area contributed by atoms with E-state index in [0.717, 1.165) is 50.9 Å². The first-order valence-electron chi connectivity index (χ1n) is 8.85. The Morgan fingerprint density at radius 2 is 1.88 bits per heavy atom. The topological polar surface area (TPSA) is 60.7 Å². The zero-order chi connectivity index (χ0) is 17.5. The largest absolute Gasteiger partial charge is 0.355 e. The Balaban J connectivity index is 0.00000312.